The molecule has 1 heterocycles. The zero-order valence-electron chi connectivity index (χ0n) is 13.1. The van der Waals surface area contributed by atoms with Crippen LogP contribution in [0.5, 0.6) is 0 Å². The second kappa shape index (κ2) is 6.87. The van der Waals surface area contributed by atoms with Gasteiger partial charge in [0.2, 0.25) is 0 Å². The summed E-state index contributed by atoms with van der Waals surface area (Å²) in [6.07, 6.45) is 0. The SMILES string of the molecule is CCN(CC)S(=O)(=O)N1CCN(C)[C@@H](c2ccccc2)C1. The molecule has 1 aliphatic rings. The molecule has 2 rings (SSSR count). The summed E-state index contributed by atoms with van der Waals surface area (Å²) in [6.45, 7) is 6.61. The molecule has 0 aliphatic carbocycles. The average molecular weight is 311 g/mol. The molecule has 1 aromatic rings. The van der Waals surface area contributed by atoms with Gasteiger partial charge in [0.05, 0.1) is 0 Å². The lowest BCUT2D eigenvalue weighted by Crippen LogP contribution is -2.53. The Morgan fingerprint density at radius 3 is 2.33 bits per heavy atom. The van der Waals surface area contributed by atoms with E-state index in [1.165, 1.54) is 9.87 Å². The first-order chi connectivity index (χ1) is 10.0. The Balaban J connectivity index is 2.21. The van der Waals surface area contributed by atoms with Gasteiger partial charge < -0.3 is 0 Å². The number of hydrogen-bond acceptors (Lipinski definition) is 3. The summed E-state index contributed by atoms with van der Waals surface area (Å²) in [7, 11) is -1.29. The summed E-state index contributed by atoms with van der Waals surface area (Å²) in [4.78, 5) is 2.23. The van der Waals surface area contributed by atoms with Crippen molar-refractivity contribution in [2.24, 2.45) is 0 Å². The van der Waals surface area contributed by atoms with E-state index in [4.69, 9.17) is 0 Å². The molecule has 1 aromatic carbocycles. The third-order valence-electron chi connectivity index (χ3n) is 4.15. The van der Waals surface area contributed by atoms with E-state index in [9.17, 15) is 8.42 Å². The summed E-state index contributed by atoms with van der Waals surface area (Å²) >= 11 is 0. The van der Waals surface area contributed by atoms with Crippen LogP contribution in [0.3, 0.4) is 0 Å². The average Bonchev–Trinajstić information content (AvgIpc) is 2.49. The van der Waals surface area contributed by atoms with E-state index in [1.807, 2.05) is 32.0 Å². The van der Waals surface area contributed by atoms with E-state index < -0.39 is 10.2 Å². The van der Waals surface area contributed by atoms with E-state index in [-0.39, 0.29) is 6.04 Å². The number of likely N-dealkylation sites (N-methyl/N-ethyl adjacent to an activating group) is 1. The number of benzene rings is 1. The third-order valence-corrected chi connectivity index (χ3v) is 6.31. The molecule has 0 amide bonds. The van der Waals surface area contributed by atoms with Gasteiger partial charge in [-0.1, -0.05) is 44.2 Å². The van der Waals surface area contributed by atoms with Crippen LogP contribution in [-0.2, 0) is 10.2 Å². The molecule has 6 heteroatoms. The lowest BCUT2D eigenvalue weighted by Gasteiger charge is -2.40. The maximum Gasteiger partial charge on any atom is 0.282 e. The van der Waals surface area contributed by atoms with Crippen molar-refractivity contribution in [1.29, 1.82) is 0 Å². The molecule has 1 fully saturated rings. The van der Waals surface area contributed by atoms with Gasteiger partial charge in [0, 0.05) is 38.8 Å². The minimum absolute atomic E-state index is 0.116. The van der Waals surface area contributed by atoms with E-state index in [2.05, 4.69) is 24.1 Å². The molecule has 0 radical (unpaired) electrons. The molecule has 0 N–H and O–H groups in total. The monoisotopic (exact) mass is 311 g/mol. The molecule has 5 nitrogen and oxygen atoms in total. The van der Waals surface area contributed by atoms with Crippen LogP contribution in [0.15, 0.2) is 30.3 Å². The van der Waals surface area contributed by atoms with Gasteiger partial charge in [0.15, 0.2) is 0 Å². The van der Waals surface area contributed by atoms with Crippen LogP contribution in [-0.4, -0.2) is 61.7 Å². The molecule has 0 spiro atoms. The van der Waals surface area contributed by atoms with Crippen molar-refractivity contribution < 1.29 is 8.42 Å². The second-order valence-corrected chi connectivity index (χ2v) is 7.29. The highest BCUT2D eigenvalue weighted by Gasteiger charge is 2.34. The first kappa shape index (κ1) is 16.4. The molecule has 1 aliphatic heterocycles. The Labute approximate surface area is 128 Å². The number of piperazine rings is 1. The van der Waals surface area contributed by atoms with E-state index in [0.717, 1.165) is 6.54 Å². The smallest absolute Gasteiger partial charge is 0.282 e. The quantitative estimate of drug-likeness (QED) is 0.829. The van der Waals surface area contributed by atoms with Gasteiger partial charge in [-0.15, -0.1) is 0 Å². The van der Waals surface area contributed by atoms with Crippen molar-refractivity contribution in [3.05, 3.63) is 35.9 Å². The predicted octanol–water partition coefficient (Wildman–Crippen LogP) is 1.56. The number of nitrogens with zero attached hydrogens (tertiary/aromatic N) is 3. The highest BCUT2D eigenvalue weighted by Crippen LogP contribution is 2.26. The Morgan fingerprint density at radius 2 is 1.76 bits per heavy atom. The fourth-order valence-electron chi connectivity index (χ4n) is 2.81. The van der Waals surface area contributed by atoms with Crippen molar-refractivity contribution >= 4 is 10.2 Å². The zero-order chi connectivity index (χ0) is 15.5. The molecule has 118 valence electrons. The highest BCUT2D eigenvalue weighted by atomic mass is 32.2. The Bertz CT molecular complexity index is 543. The molecule has 0 saturated carbocycles. The fraction of sp³-hybridized carbons (Fsp3) is 0.600. The van der Waals surface area contributed by atoms with Gasteiger partial charge >= 0.3 is 0 Å². The van der Waals surface area contributed by atoms with E-state index in [1.54, 1.807) is 4.31 Å². The first-order valence-electron chi connectivity index (χ1n) is 7.51. The molecule has 0 bridgehead atoms. The van der Waals surface area contributed by atoms with E-state index >= 15 is 0 Å². The Hall–Kier alpha value is -0.950. The summed E-state index contributed by atoms with van der Waals surface area (Å²) < 4.78 is 28.5. The van der Waals surface area contributed by atoms with Crippen LogP contribution in [0.2, 0.25) is 0 Å². The van der Waals surface area contributed by atoms with Crippen LogP contribution in [0.25, 0.3) is 0 Å². The maximum atomic E-state index is 12.7. The first-order valence-corrected chi connectivity index (χ1v) is 8.90. The maximum absolute atomic E-state index is 12.7. The highest BCUT2D eigenvalue weighted by molar-refractivity contribution is 7.86. The minimum atomic E-state index is -3.35. The Morgan fingerprint density at radius 1 is 1.14 bits per heavy atom. The molecule has 0 aromatic heterocycles. The van der Waals surface area contributed by atoms with Crippen LogP contribution in [0, 0.1) is 0 Å². The van der Waals surface area contributed by atoms with Crippen LogP contribution < -0.4 is 0 Å². The standard InChI is InChI=1S/C15H25N3O2S/c1-4-17(5-2)21(19,20)18-12-11-16(3)15(13-18)14-9-7-6-8-10-14/h6-10,15H,4-5,11-13H2,1-3H3/t15-/m1/s1. The van der Waals surface area contributed by atoms with Crippen molar-refractivity contribution in [3.8, 4) is 0 Å². The van der Waals surface area contributed by atoms with Gasteiger partial charge in [0.25, 0.3) is 10.2 Å². The summed E-state index contributed by atoms with van der Waals surface area (Å²) in [5, 5.41) is 0. The third kappa shape index (κ3) is 3.45. The van der Waals surface area contributed by atoms with Gasteiger partial charge in [-0.3, -0.25) is 4.90 Å². The molecule has 0 unspecified atom stereocenters. The van der Waals surface area contributed by atoms with Gasteiger partial charge in [0.1, 0.15) is 0 Å². The molecular formula is C15H25N3O2S. The molecule has 1 atom stereocenters. The van der Waals surface area contributed by atoms with Crippen LogP contribution >= 0.6 is 0 Å². The summed E-state index contributed by atoms with van der Waals surface area (Å²) in [5.74, 6) is 0. The van der Waals surface area contributed by atoms with Crippen LogP contribution in [0.4, 0.5) is 0 Å². The second-order valence-electron chi connectivity index (χ2n) is 5.36. The Kier molecular flexibility index (Phi) is 5.37. The zero-order valence-corrected chi connectivity index (χ0v) is 13.9. The molecular weight excluding hydrogens is 286 g/mol. The molecule has 21 heavy (non-hydrogen) atoms. The molecule has 1 saturated heterocycles. The van der Waals surface area contributed by atoms with Gasteiger partial charge in [-0.05, 0) is 12.6 Å². The van der Waals surface area contributed by atoms with Crippen LogP contribution in [0.1, 0.15) is 25.5 Å². The van der Waals surface area contributed by atoms with Crippen molar-refractivity contribution in [3.63, 3.8) is 0 Å². The topological polar surface area (TPSA) is 43.9 Å². The van der Waals surface area contributed by atoms with Gasteiger partial charge in [-0.25, -0.2) is 0 Å². The summed E-state index contributed by atoms with van der Waals surface area (Å²) in [6, 6.07) is 10.2. The van der Waals surface area contributed by atoms with Crippen molar-refractivity contribution in [1.82, 2.24) is 13.5 Å². The fourth-order valence-corrected chi connectivity index (χ4v) is 4.43. The number of hydrogen-bond donors (Lipinski definition) is 0. The number of rotatable bonds is 5. The largest absolute Gasteiger partial charge is 0.297 e. The normalized spacial score (nSPS) is 21.8. The van der Waals surface area contributed by atoms with Crippen molar-refractivity contribution in [2.75, 3.05) is 39.8 Å². The van der Waals surface area contributed by atoms with Crippen molar-refractivity contribution in [2.45, 2.75) is 19.9 Å². The van der Waals surface area contributed by atoms with Gasteiger partial charge in [-0.2, -0.15) is 17.0 Å². The van der Waals surface area contributed by atoms with E-state index in [0.29, 0.717) is 26.2 Å². The lowest BCUT2D eigenvalue weighted by atomic mass is 10.0. The minimum Gasteiger partial charge on any atom is -0.297 e. The summed E-state index contributed by atoms with van der Waals surface area (Å²) in [5.41, 5.74) is 1.17. The lowest BCUT2D eigenvalue weighted by molar-refractivity contribution is 0.143. The predicted molar refractivity (Wildman–Crippen MR) is 85.2 cm³/mol.